The molecule has 1 amide bonds. The van der Waals surface area contributed by atoms with Crippen molar-refractivity contribution in [3.63, 3.8) is 0 Å². The van der Waals surface area contributed by atoms with E-state index in [0.717, 1.165) is 19.1 Å². The number of amides is 1. The van der Waals surface area contributed by atoms with E-state index in [2.05, 4.69) is 5.32 Å². The maximum atomic E-state index is 13.0. The second-order valence-corrected chi connectivity index (χ2v) is 8.16. The minimum atomic E-state index is -4.83. The number of hydrogen-bond acceptors (Lipinski definition) is 5. The number of nitriles is 1. The van der Waals surface area contributed by atoms with E-state index >= 15 is 0 Å². The van der Waals surface area contributed by atoms with Crippen molar-refractivity contribution >= 4 is 21.4 Å². The highest BCUT2D eigenvalue weighted by Crippen LogP contribution is 2.33. The number of nitrogens with zero attached hydrogens (tertiary/aromatic N) is 1. The molecule has 1 atom stereocenters. The Balaban J connectivity index is 2.25. The van der Waals surface area contributed by atoms with E-state index in [0.29, 0.717) is 6.07 Å². The van der Waals surface area contributed by atoms with E-state index in [1.807, 2.05) is 0 Å². The van der Waals surface area contributed by atoms with Crippen molar-refractivity contribution < 1.29 is 31.5 Å². The van der Waals surface area contributed by atoms with Crippen molar-refractivity contribution in [1.82, 2.24) is 0 Å². The molecule has 0 heterocycles. The highest BCUT2D eigenvalue weighted by Gasteiger charge is 2.38. The fourth-order valence-electron chi connectivity index (χ4n) is 2.37. The highest BCUT2D eigenvalue weighted by molar-refractivity contribution is 7.91. The zero-order chi connectivity index (χ0) is 21.2. The number of carbonyl (C=O) groups excluding carboxylic acids is 1. The van der Waals surface area contributed by atoms with Crippen LogP contribution in [0.25, 0.3) is 0 Å². The molecule has 0 spiro atoms. The molecule has 0 aliphatic heterocycles. The monoisotopic (exact) mass is 412 g/mol. The van der Waals surface area contributed by atoms with Crippen LogP contribution < -0.4 is 5.32 Å². The summed E-state index contributed by atoms with van der Waals surface area (Å²) in [6, 6.07) is 11.0. The van der Waals surface area contributed by atoms with Crippen LogP contribution in [0.3, 0.4) is 0 Å². The topological polar surface area (TPSA) is 107 Å². The Morgan fingerprint density at radius 2 is 1.79 bits per heavy atom. The summed E-state index contributed by atoms with van der Waals surface area (Å²) in [5.41, 5.74) is -4.65. The summed E-state index contributed by atoms with van der Waals surface area (Å²) in [5.74, 6) is -2.18. The van der Waals surface area contributed by atoms with E-state index in [1.54, 1.807) is 6.07 Å². The zero-order valence-electron chi connectivity index (χ0n) is 14.5. The minimum absolute atomic E-state index is 0.110. The van der Waals surface area contributed by atoms with Gasteiger partial charge in [-0.15, -0.1) is 0 Å². The van der Waals surface area contributed by atoms with Gasteiger partial charge in [0, 0.05) is 5.69 Å². The summed E-state index contributed by atoms with van der Waals surface area (Å²) in [6.07, 6.45) is -4.83. The second kappa shape index (κ2) is 7.61. The van der Waals surface area contributed by atoms with Gasteiger partial charge in [0.25, 0.3) is 5.91 Å². The molecule has 0 aliphatic rings. The molecule has 28 heavy (non-hydrogen) atoms. The van der Waals surface area contributed by atoms with Gasteiger partial charge in [0.1, 0.15) is 0 Å². The molecular weight excluding hydrogens is 397 g/mol. The summed E-state index contributed by atoms with van der Waals surface area (Å²) in [4.78, 5) is 12.2. The number of benzene rings is 2. The molecule has 2 aromatic carbocycles. The molecule has 10 heteroatoms. The fourth-order valence-corrected chi connectivity index (χ4v) is 3.98. The van der Waals surface area contributed by atoms with Crippen LogP contribution in [0.2, 0.25) is 0 Å². The lowest BCUT2D eigenvalue weighted by Gasteiger charge is -2.22. The first-order valence-corrected chi connectivity index (χ1v) is 9.45. The van der Waals surface area contributed by atoms with Crippen molar-refractivity contribution in [2.24, 2.45) is 0 Å². The molecule has 2 rings (SSSR count). The quantitative estimate of drug-likeness (QED) is 0.785. The Kier molecular flexibility index (Phi) is 5.82. The first-order valence-electron chi connectivity index (χ1n) is 7.80. The third kappa shape index (κ3) is 4.88. The smallest absolute Gasteiger partial charge is 0.379 e. The molecule has 148 valence electrons. The molecule has 0 aliphatic carbocycles. The molecule has 0 fully saturated rings. The fraction of sp³-hybridized carbons (Fsp3) is 0.222. The van der Waals surface area contributed by atoms with Crippen LogP contribution in [-0.4, -0.2) is 30.8 Å². The Morgan fingerprint density at radius 1 is 1.18 bits per heavy atom. The molecule has 0 saturated heterocycles. The van der Waals surface area contributed by atoms with Crippen molar-refractivity contribution in [2.45, 2.75) is 23.6 Å². The summed E-state index contributed by atoms with van der Waals surface area (Å²) in [5, 5.41) is 21.1. The van der Waals surface area contributed by atoms with Gasteiger partial charge in [0.2, 0.25) is 0 Å². The number of hydrogen-bond donors (Lipinski definition) is 2. The van der Waals surface area contributed by atoms with Crippen molar-refractivity contribution in [1.29, 1.82) is 5.26 Å². The van der Waals surface area contributed by atoms with Gasteiger partial charge < -0.3 is 10.4 Å². The summed E-state index contributed by atoms with van der Waals surface area (Å²) in [7, 11) is -4.03. The van der Waals surface area contributed by atoms with E-state index < -0.39 is 44.4 Å². The SMILES string of the molecule is C[C@@](O)(CS(=O)(=O)c1ccccc1)C(=O)Nc1ccc(C#N)c(C(F)(F)F)c1. The van der Waals surface area contributed by atoms with Gasteiger partial charge in [-0.25, -0.2) is 8.42 Å². The van der Waals surface area contributed by atoms with Gasteiger partial charge in [-0.2, -0.15) is 18.4 Å². The van der Waals surface area contributed by atoms with Crippen LogP contribution in [0.1, 0.15) is 18.1 Å². The van der Waals surface area contributed by atoms with E-state index in [9.17, 15) is 31.5 Å². The van der Waals surface area contributed by atoms with Crippen LogP contribution >= 0.6 is 0 Å². The Morgan fingerprint density at radius 3 is 2.32 bits per heavy atom. The number of nitrogens with one attached hydrogen (secondary N) is 1. The Labute approximate surface area is 159 Å². The summed E-state index contributed by atoms with van der Waals surface area (Å²) >= 11 is 0. The van der Waals surface area contributed by atoms with E-state index in [-0.39, 0.29) is 10.6 Å². The highest BCUT2D eigenvalue weighted by atomic mass is 32.2. The van der Waals surface area contributed by atoms with Crippen LogP contribution in [0, 0.1) is 11.3 Å². The number of aliphatic hydroxyl groups is 1. The minimum Gasteiger partial charge on any atom is -0.379 e. The second-order valence-electron chi connectivity index (χ2n) is 6.17. The van der Waals surface area contributed by atoms with E-state index in [1.165, 1.54) is 30.3 Å². The number of sulfone groups is 1. The molecule has 0 unspecified atom stereocenters. The maximum absolute atomic E-state index is 13.0. The number of alkyl halides is 3. The molecule has 2 N–H and O–H groups in total. The lowest BCUT2D eigenvalue weighted by Crippen LogP contribution is -2.45. The Hall–Kier alpha value is -2.90. The molecule has 0 bridgehead atoms. The molecule has 2 aromatic rings. The summed E-state index contributed by atoms with van der Waals surface area (Å²) in [6.45, 7) is 0.942. The molecule has 0 saturated carbocycles. The molecular formula is C18H15F3N2O4S. The first kappa shape index (κ1) is 21.4. The Bertz CT molecular complexity index is 1030. The third-order valence-electron chi connectivity index (χ3n) is 3.77. The number of anilines is 1. The third-order valence-corrected chi connectivity index (χ3v) is 5.70. The molecule has 0 radical (unpaired) electrons. The van der Waals surface area contributed by atoms with E-state index in [4.69, 9.17) is 5.26 Å². The average molecular weight is 412 g/mol. The number of halogens is 3. The van der Waals surface area contributed by atoms with Crippen molar-refractivity contribution in [2.75, 3.05) is 11.1 Å². The predicted molar refractivity (Wildman–Crippen MR) is 93.9 cm³/mol. The maximum Gasteiger partial charge on any atom is 0.417 e. The van der Waals surface area contributed by atoms with Crippen molar-refractivity contribution in [3.8, 4) is 6.07 Å². The van der Waals surface area contributed by atoms with Gasteiger partial charge >= 0.3 is 6.18 Å². The lowest BCUT2D eigenvalue weighted by molar-refractivity contribution is -0.137. The van der Waals surface area contributed by atoms with Gasteiger partial charge in [-0.05, 0) is 37.3 Å². The van der Waals surface area contributed by atoms with Gasteiger partial charge in [-0.1, -0.05) is 18.2 Å². The van der Waals surface area contributed by atoms with Crippen LogP contribution in [0.15, 0.2) is 53.4 Å². The first-order chi connectivity index (χ1) is 12.9. The lowest BCUT2D eigenvalue weighted by atomic mass is 10.1. The van der Waals surface area contributed by atoms with Crippen LogP contribution in [-0.2, 0) is 20.8 Å². The summed E-state index contributed by atoms with van der Waals surface area (Å²) < 4.78 is 63.7. The van der Waals surface area contributed by atoms with Crippen LogP contribution in [0.4, 0.5) is 18.9 Å². The number of rotatable bonds is 5. The normalized spacial score (nSPS) is 14.0. The standard InChI is InChI=1S/C18H15F3N2O4S/c1-17(25,11-28(26,27)14-5-3-2-4-6-14)16(24)23-13-8-7-12(10-22)15(9-13)18(19,20)21/h2-9,25H,11H2,1H3,(H,23,24)/t17-/m1/s1. The van der Waals surface area contributed by atoms with Gasteiger partial charge in [0.15, 0.2) is 15.4 Å². The van der Waals surface area contributed by atoms with Gasteiger partial charge in [0.05, 0.1) is 27.8 Å². The molecule has 6 nitrogen and oxygen atoms in total. The van der Waals surface area contributed by atoms with Crippen LogP contribution in [0.5, 0.6) is 0 Å². The zero-order valence-corrected chi connectivity index (χ0v) is 15.3. The van der Waals surface area contributed by atoms with Gasteiger partial charge in [-0.3, -0.25) is 4.79 Å². The predicted octanol–water partition coefficient (Wildman–Crippen LogP) is 2.74. The molecule has 0 aromatic heterocycles. The van der Waals surface area contributed by atoms with Crippen molar-refractivity contribution in [3.05, 3.63) is 59.7 Å². The number of carbonyl (C=O) groups is 1. The average Bonchev–Trinajstić information content (AvgIpc) is 2.61. The largest absolute Gasteiger partial charge is 0.417 e.